The fraction of sp³-hybridized carbons (Fsp3) is 0.250. The van der Waals surface area contributed by atoms with Crippen molar-refractivity contribution in [1.29, 1.82) is 0 Å². The van der Waals surface area contributed by atoms with Crippen molar-refractivity contribution in [2.75, 3.05) is 0 Å². The Labute approximate surface area is 212 Å². The van der Waals surface area contributed by atoms with E-state index in [-0.39, 0.29) is 17.3 Å². The van der Waals surface area contributed by atoms with Gasteiger partial charge < -0.3 is 13.9 Å². The number of carbonyl (C=O) groups excluding carboxylic acids is 1. The van der Waals surface area contributed by atoms with Gasteiger partial charge in [0, 0.05) is 12.1 Å². The van der Waals surface area contributed by atoms with Gasteiger partial charge in [0.15, 0.2) is 0 Å². The van der Waals surface area contributed by atoms with Crippen LogP contribution in [0, 0.1) is 10.1 Å². The number of non-ortho nitro benzene ring substituents is 1. The molecule has 0 aliphatic heterocycles. The predicted octanol–water partition coefficient (Wildman–Crippen LogP) is 5.73. The number of benzene rings is 3. The summed E-state index contributed by atoms with van der Waals surface area (Å²) in [5, 5.41) is 12.8. The van der Waals surface area contributed by atoms with Crippen LogP contribution in [0.1, 0.15) is 33.3 Å². The summed E-state index contributed by atoms with van der Waals surface area (Å²) in [4.78, 5) is 22.4. The van der Waals surface area contributed by atoms with Gasteiger partial charge in [-0.15, -0.1) is 0 Å². The molecule has 3 aromatic rings. The molecular weight excluding hydrogens is 474 g/mol. The van der Waals surface area contributed by atoms with Gasteiger partial charge in [-0.3, -0.25) is 10.1 Å². The summed E-state index contributed by atoms with van der Waals surface area (Å²) in [6.07, 6.45) is 1.89. The maximum Gasteiger partial charge on any atom is 0.509 e. The minimum atomic E-state index is -2.73. The average molecular weight is 506 g/mol. The van der Waals surface area contributed by atoms with Gasteiger partial charge in [-0.1, -0.05) is 81.4 Å². The lowest BCUT2D eigenvalue weighted by Crippen LogP contribution is -2.65. The third-order valence-corrected chi connectivity index (χ3v) is 10.7. The van der Waals surface area contributed by atoms with Gasteiger partial charge >= 0.3 is 14.5 Å². The van der Waals surface area contributed by atoms with Gasteiger partial charge in [-0.2, -0.15) is 0 Å². The van der Waals surface area contributed by atoms with Crippen LogP contribution >= 0.6 is 0 Å². The number of nitro benzene ring substituents is 1. The Kier molecular flexibility index (Phi) is 8.66. The highest BCUT2D eigenvalue weighted by atomic mass is 28.4. The molecule has 0 radical (unpaired) electrons. The van der Waals surface area contributed by atoms with E-state index in [1.807, 2.05) is 36.4 Å². The number of hydrogen-bond donors (Lipinski definition) is 0. The molecule has 0 saturated carbocycles. The summed E-state index contributed by atoms with van der Waals surface area (Å²) in [7, 11) is -2.73. The first kappa shape index (κ1) is 26.7. The second-order valence-corrected chi connectivity index (χ2v) is 13.6. The van der Waals surface area contributed by atoms with E-state index in [2.05, 4.69) is 45.0 Å². The Morgan fingerprint density at radius 1 is 0.944 bits per heavy atom. The molecule has 0 N–H and O–H groups in total. The first-order chi connectivity index (χ1) is 17.1. The number of nitrogens with zero attached hydrogens (tertiary/aromatic N) is 1. The molecule has 0 fully saturated rings. The van der Waals surface area contributed by atoms with E-state index in [9.17, 15) is 14.9 Å². The Balaban J connectivity index is 1.69. The van der Waals surface area contributed by atoms with Crippen molar-refractivity contribution in [2.45, 2.75) is 45.4 Å². The number of carbonyl (C=O) groups is 1. The SMILES string of the molecule is CC(C=CO[Si](c1ccccc1)(c1ccccc1)C(C)(C)C)OC(=O)OCc1ccc([N+](=O)[O-])cc1. The zero-order chi connectivity index (χ0) is 26.2. The van der Waals surface area contributed by atoms with Crippen LogP contribution in [0.2, 0.25) is 5.04 Å². The first-order valence-electron chi connectivity index (χ1n) is 11.7. The Bertz CT molecular complexity index is 1130. The second-order valence-electron chi connectivity index (χ2n) is 9.39. The standard InChI is InChI=1S/C28H31NO6Si/c1-22(35-27(30)33-21-23-15-17-24(18-16-23)29(31)32)19-20-34-36(28(2,3)4,25-11-7-5-8-12-25)26-13-9-6-10-14-26/h5-20,22H,21H2,1-4H3. The van der Waals surface area contributed by atoms with Gasteiger partial charge in [0.05, 0.1) is 11.2 Å². The van der Waals surface area contributed by atoms with Gasteiger partial charge in [-0.25, -0.2) is 4.79 Å². The number of ether oxygens (including phenoxy) is 2. The molecule has 1 unspecified atom stereocenters. The van der Waals surface area contributed by atoms with E-state index >= 15 is 0 Å². The summed E-state index contributed by atoms with van der Waals surface area (Å²) < 4.78 is 17.1. The summed E-state index contributed by atoms with van der Waals surface area (Å²) >= 11 is 0. The molecule has 0 aliphatic rings. The van der Waals surface area contributed by atoms with Gasteiger partial charge in [0.25, 0.3) is 5.69 Å². The monoisotopic (exact) mass is 505 g/mol. The molecule has 0 heterocycles. The minimum absolute atomic E-state index is 0.0269. The van der Waals surface area contributed by atoms with E-state index in [0.717, 1.165) is 10.4 Å². The van der Waals surface area contributed by atoms with E-state index in [4.69, 9.17) is 13.9 Å². The summed E-state index contributed by atoms with van der Waals surface area (Å²) in [5.41, 5.74) is 0.594. The molecule has 7 nitrogen and oxygen atoms in total. The average Bonchev–Trinajstić information content (AvgIpc) is 2.86. The molecule has 0 bridgehead atoms. The second kappa shape index (κ2) is 11.7. The van der Waals surface area contributed by atoms with Crippen LogP contribution in [0.4, 0.5) is 10.5 Å². The van der Waals surface area contributed by atoms with Crippen LogP contribution in [0.25, 0.3) is 0 Å². The molecule has 0 spiro atoms. The summed E-state index contributed by atoms with van der Waals surface area (Å²) in [6, 6.07) is 26.3. The quantitative estimate of drug-likeness (QED) is 0.121. The fourth-order valence-corrected chi connectivity index (χ4v) is 8.32. The minimum Gasteiger partial charge on any atom is -0.540 e. The third kappa shape index (κ3) is 6.40. The molecule has 0 amide bonds. The molecule has 36 heavy (non-hydrogen) atoms. The van der Waals surface area contributed by atoms with Crippen molar-refractivity contribution >= 4 is 30.5 Å². The molecule has 188 valence electrons. The maximum atomic E-state index is 12.1. The lowest BCUT2D eigenvalue weighted by molar-refractivity contribution is -0.384. The maximum absolute atomic E-state index is 12.1. The lowest BCUT2D eigenvalue weighted by Gasteiger charge is -2.42. The molecule has 8 heteroatoms. The molecule has 3 rings (SSSR count). The molecule has 0 aromatic heterocycles. The van der Waals surface area contributed by atoms with E-state index in [1.54, 1.807) is 19.3 Å². The van der Waals surface area contributed by atoms with Crippen LogP contribution in [0.3, 0.4) is 0 Å². The molecule has 0 aliphatic carbocycles. The highest BCUT2D eigenvalue weighted by Gasteiger charge is 2.51. The smallest absolute Gasteiger partial charge is 0.509 e. The normalized spacial score (nSPS) is 12.7. The van der Waals surface area contributed by atoms with Gasteiger partial charge in [-0.05, 0) is 46.1 Å². The van der Waals surface area contributed by atoms with Crippen LogP contribution in [0.5, 0.6) is 0 Å². The van der Waals surface area contributed by atoms with Crippen molar-refractivity contribution < 1.29 is 23.6 Å². The van der Waals surface area contributed by atoms with Crippen molar-refractivity contribution in [1.82, 2.24) is 0 Å². The predicted molar refractivity (Wildman–Crippen MR) is 142 cm³/mol. The number of nitro groups is 1. The summed E-state index contributed by atoms with van der Waals surface area (Å²) in [5.74, 6) is 0. The number of rotatable bonds is 9. The summed E-state index contributed by atoms with van der Waals surface area (Å²) in [6.45, 7) is 8.22. The van der Waals surface area contributed by atoms with E-state index in [1.165, 1.54) is 24.3 Å². The van der Waals surface area contributed by atoms with Crippen LogP contribution in [-0.2, 0) is 20.5 Å². The number of hydrogen-bond acceptors (Lipinski definition) is 6. The van der Waals surface area contributed by atoms with E-state index in [0.29, 0.717) is 5.56 Å². The van der Waals surface area contributed by atoms with Crippen molar-refractivity contribution in [2.24, 2.45) is 0 Å². The zero-order valence-corrected chi connectivity index (χ0v) is 21.9. The third-order valence-electron chi connectivity index (χ3n) is 5.80. The van der Waals surface area contributed by atoms with E-state index < -0.39 is 25.5 Å². The van der Waals surface area contributed by atoms with Crippen molar-refractivity contribution in [3.63, 3.8) is 0 Å². The fourth-order valence-electron chi connectivity index (χ4n) is 4.02. The van der Waals surface area contributed by atoms with Crippen LogP contribution in [-0.4, -0.2) is 25.5 Å². The first-order valence-corrected chi connectivity index (χ1v) is 13.6. The zero-order valence-electron chi connectivity index (χ0n) is 20.9. The largest absolute Gasteiger partial charge is 0.540 e. The van der Waals surface area contributed by atoms with Crippen LogP contribution < -0.4 is 10.4 Å². The Hall–Kier alpha value is -3.91. The molecule has 3 aromatic carbocycles. The lowest BCUT2D eigenvalue weighted by atomic mass is 10.2. The van der Waals surface area contributed by atoms with Crippen LogP contribution in [0.15, 0.2) is 97.3 Å². The molecule has 0 saturated heterocycles. The van der Waals surface area contributed by atoms with Crippen molar-refractivity contribution in [3.8, 4) is 0 Å². The highest BCUT2D eigenvalue weighted by Crippen LogP contribution is 2.36. The Morgan fingerprint density at radius 3 is 1.94 bits per heavy atom. The topological polar surface area (TPSA) is 87.9 Å². The van der Waals surface area contributed by atoms with Gasteiger partial charge in [0.1, 0.15) is 12.7 Å². The van der Waals surface area contributed by atoms with Gasteiger partial charge in [0.2, 0.25) is 0 Å². The highest BCUT2D eigenvalue weighted by molar-refractivity contribution is 6.99. The van der Waals surface area contributed by atoms with Crippen molar-refractivity contribution in [3.05, 3.63) is 113 Å². The molecule has 1 atom stereocenters. The molecular formula is C28H31NO6Si. The Morgan fingerprint density at radius 2 is 1.47 bits per heavy atom.